The first-order chi connectivity index (χ1) is 10.3. The molecule has 0 amide bonds. The second-order valence-electron chi connectivity index (χ2n) is 4.53. The van der Waals surface area contributed by atoms with Crippen molar-refractivity contribution >= 4 is 23.1 Å². The number of nitrogens with zero attached hydrogens (tertiary/aromatic N) is 1. The SMILES string of the molecule is N[n+]1c(SCc2ccccc2)sc(-c2ccccc2)c1O. The predicted molar refractivity (Wildman–Crippen MR) is 87.8 cm³/mol. The number of rotatable bonds is 4. The third-order valence-corrected chi connectivity index (χ3v) is 5.58. The standard InChI is InChI=1S/C16H14N2OS2/c17-18-15(19)14(13-9-5-2-6-10-13)21-16(18)20-11-12-7-3-1-4-8-12/h1-10H,11,17H2/p+1. The normalized spacial score (nSPS) is 10.7. The first kappa shape index (κ1) is 14.0. The van der Waals surface area contributed by atoms with Gasteiger partial charge in [0.05, 0.1) is 0 Å². The van der Waals surface area contributed by atoms with E-state index in [1.165, 1.54) is 21.6 Å². The lowest BCUT2D eigenvalue weighted by atomic mass is 10.2. The number of hydrogen-bond acceptors (Lipinski definition) is 4. The summed E-state index contributed by atoms with van der Waals surface area (Å²) in [6.07, 6.45) is 0. The zero-order chi connectivity index (χ0) is 14.7. The Balaban J connectivity index is 1.84. The molecule has 3 N–H and O–H groups in total. The highest BCUT2D eigenvalue weighted by Crippen LogP contribution is 2.37. The summed E-state index contributed by atoms with van der Waals surface area (Å²) in [5.74, 6) is 6.90. The van der Waals surface area contributed by atoms with E-state index in [1.54, 1.807) is 11.8 Å². The maximum Gasteiger partial charge on any atom is 0.414 e. The fourth-order valence-corrected chi connectivity index (χ4v) is 4.15. The summed E-state index contributed by atoms with van der Waals surface area (Å²) in [6.45, 7) is 0. The van der Waals surface area contributed by atoms with Gasteiger partial charge in [-0.1, -0.05) is 60.7 Å². The molecular weight excluding hydrogens is 300 g/mol. The highest BCUT2D eigenvalue weighted by Gasteiger charge is 2.26. The van der Waals surface area contributed by atoms with Crippen molar-refractivity contribution in [3.63, 3.8) is 0 Å². The van der Waals surface area contributed by atoms with Crippen LogP contribution in [0.5, 0.6) is 5.88 Å². The number of benzene rings is 2. The van der Waals surface area contributed by atoms with Crippen LogP contribution in [-0.2, 0) is 5.75 Å². The lowest BCUT2D eigenvalue weighted by molar-refractivity contribution is -0.676. The van der Waals surface area contributed by atoms with E-state index in [0.29, 0.717) is 0 Å². The second-order valence-corrected chi connectivity index (χ2v) is 6.75. The van der Waals surface area contributed by atoms with Crippen LogP contribution >= 0.6 is 23.1 Å². The number of aromatic nitrogens is 1. The number of nitrogen functional groups attached to an aromatic ring is 1. The largest absolute Gasteiger partial charge is 0.457 e. The van der Waals surface area contributed by atoms with Crippen molar-refractivity contribution in [3.05, 3.63) is 66.2 Å². The van der Waals surface area contributed by atoms with Crippen molar-refractivity contribution in [2.75, 3.05) is 5.84 Å². The fourth-order valence-electron chi connectivity index (χ4n) is 1.97. The Morgan fingerprint density at radius 2 is 1.62 bits per heavy atom. The minimum Gasteiger partial charge on any atom is -0.457 e. The van der Waals surface area contributed by atoms with E-state index in [0.717, 1.165) is 20.5 Å². The number of thiazole rings is 1. The maximum atomic E-state index is 10.2. The number of thioether (sulfide) groups is 1. The van der Waals surface area contributed by atoms with Crippen molar-refractivity contribution in [1.82, 2.24) is 0 Å². The first-order valence-electron chi connectivity index (χ1n) is 6.50. The molecule has 1 heterocycles. The van der Waals surface area contributed by atoms with E-state index in [1.807, 2.05) is 48.5 Å². The van der Waals surface area contributed by atoms with Crippen LogP contribution in [-0.4, -0.2) is 5.11 Å². The molecule has 0 aliphatic rings. The molecule has 106 valence electrons. The molecule has 3 nitrogen and oxygen atoms in total. The molecule has 0 saturated carbocycles. The quantitative estimate of drug-likeness (QED) is 0.441. The van der Waals surface area contributed by atoms with Crippen LogP contribution in [0.15, 0.2) is 65.0 Å². The molecule has 3 rings (SSSR count). The highest BCUT2D eigenvalue weighted by molar-refractivity contribution is 8.00. The summed E-state index contributed by atoms with van der Waals surface area (Å²) in [5.41, 5.74) is 2.21. The summed E-state index contributed by atoms with van der Waals surface area (Å²) < 4.78 is 2.25. The fraction of sp³-hybridized carbons (Fsp3) is 0.0625. The van der Waals surface area contributed by atoms with Crippen LogP contribution in [0.25, 0.3) is 10.4 Å². The van der Waals surface area contributed by atoms with Gasteiger partial charge in [0.1, 0.15) is 0 Å². The van der Waals surface area contributed by atoms with Gasteiger partial charge in [0.2, 0.25) is 0 Å². The monoisotopic (exact) mass is 315 g/mol. The smallest absolute Gasteiger partial charge is 0.414 e. The van der Waals surface area contributed by atoms with E-state index in [4.69, 9.17) is 5.84 Å². The molecule has 1 aromatic heterocycles. The van der Waals surface area contributed by atoms with E-state index in [2.05, 4.69) is 12.1 Å². The minimum atomic E-state index is 0.113. The molecule has 0 atom stereocenters. The summed E-state index contributed by atoms with van der Waals surface area (Å²) in [5, 5.41) is 10.2. The minimum absolute atomic E-state index is 0.113. The zero-order valence-corrected chi connectivity index (χ0v) is 12.9. The van der Waals surface area contributed by atoms with Gasteiger partial charge in [0.15, 0.2) is 4.88 Å². The Hall–Kier alpha value is -1.98. The molecule has 0 spiro atoms. The average Bonchev–Trinajstić information content (AvgIpc) is 2.83. The Kier molecular flexibility index (Phi) is 4.13. The number of hydrogen-bond donors (Lipinski definition) is 2. The molecule has 3 aromatic rings. The van der Waals surface area contributed by atoms with Gasteiger partial charge in [-0.25, -0.2) is 5.84 Å². The first-order valence-corrected chi connectivity index (χ1v) is 8.31. The van der Waals surface area contributed by atoms with Crippen molar-refractivity contribution in [1.29, 1.82) is 0 Å². The Bertz CT molecular complexity index is 727. The second kappa shape index (κ2) is 6.20. The molecule has 0 fully saturated rings. The average molecular weight is 315 g/mol. The molecule has 0 aliphatic heterocycles. The molecule has 0 saturated heterocycles. The van der Waals surface area contributed by atoms with Crippen LogP contribution in [0.4, 0.5) is 0 Å². The molecule has 5 heteroatoms. The summed E-state index contributed by atoms with van der Waals surface area (Å²) >= 11 is 3.14. The number of nitrogens with two attached hydrogens (primary N) is 1. The maximum absolute atomic E-state index is 10.2. The molecule has 0 bridgehead atoms. The molecule has 0 unspecified atom stereocenters. The highest BCUT2D eigenvalue weighted by atomic mass is 32.2. The van der Waals surface area contributed by atoms with E-state index >= 15 is 0 Å². The molecular formula is C16H15N2OS2+. The van der Waals surface area contributed by atoms with Crippen molar-refractivity contribution in [2.45, 2.75) is 10.1 Å². The Morgan fingerprint density at radius 1 is 1.00 bits per heavy atom. The lowest BCUT2D eigenvalue weighted by Gasteiger charge is -1.95. The predicted octanol–water partition coefficient (Wildman–Crippen LogP) is 3.41. The molecule has 2 aromatic carbocycles. The topological polar surface area (TPSA) is 50.1 Å². The molecule has 21 heavy (non-hydrogen) atoms. The van der Waals surface area contributed by atoms with Crippen LogP contribution in [0.2, 0.25) is 0 Å². The lowest BCUT2D eigenvalue weighted by Crippen LogP contribution is -2.44. The molecule has 0 aliphatic carbocycles. The number of aromatic hydroxyl groups is 1. The van der Waals surface area contributed by atoms with Gasteiger partial charge in [-0.05, 0) is 33.3 Å². The van der Waals surface area contributed by atoms with Gasteiger partial charge in [-0.2, -0.15) is 0 Å². The van der Waals surface area contributed by atoms with Crippen LogP contribution in [0.3, 0.4) is 0 Å². The third kappa shape index (κ3) is 3.04. The molecule has 0 radical (unpaired) electrons. The van der Waals surface area contributed by atoms with Crippen molar-refractivity contribution in [2.24, 2.45) is 0 Å². The zero-order valence-electron chi connectivity index (χ0n) is 11.3. The summed E-state index contributed by atoms with van der Waals surface area (Å²) in [6, 6.07) is 20.0. The van der Waals surface area contributed by atoms with Gasteiger partial charge >= 0.3 is 10.2 Å². The summed E-state index contributed by atoms with van der Waals surface area (Å²) in [4.78, 5) is 0.800. The van der Waals surface area contributed by atoms with E-state index < -0.39 is 0 Å². The van der Waals surface area contributed by atoms with Crippen LogP contribution in [0.1, 0.15) is 5.56 Å². The van der Waals surface area contributed by atoms with Crippen LogP contribution < -0.4 is 10.5 Å². The third-order valence-electron chi connectivity index (χ3n) is 3.06. The van der Waals surface area contributed by atoms with Crippen molar-refractivity contribution < 1.29 is 9.78 Å². The van der Waals surface area contributed by atoms with Gasteiger partial charge in [0, 0.05) is 11.3 Å². The Labute approximate surface area is 131 Å². The van der Waals surface area contributed by atoms with Gasteiger partial charge in [-0.3, -0.25) is 0 Å². The van der Waals surface area contributed by atoms with E-state index in [-0.39, 0.29) is 5.88 Å². The van der Waals surface area contributed by atoms with Gasteiger partial charge in [-0.15, -0.1) is 0 Å². The summed E-state index contributed by atoms with van der Waals surface area (Å²) in [7, 11) is 0. The van der Waals surface area contributed by atoms with Crippen molar-refractivity contribution in [3.8, 4) is 16.3 Å². The van der Waals surface area contributed by atoms with Crippen LogP contribution in [0, 0.1) is 0 Å². The van der Waals surface area contributed by atoms with Gasteiger partial charge < -0.3 is 5.11 Å². The van der Waals surface area contributed by atoms with Gasteiger partial charge in [0.25, 0.3) is 0 Å². The van der Waals surface area contributed by atoms with E-state index in [9.17, 15) is 5.11 Å². The Morgan fingerprint density at radius 3 is 2.29 bits per heavy atom.